The Hall–Kier alpha value is -2.24. The first-order chi connectivity index (χ1) is 10.1. The summed E-state index contributed by atoms with van der Waals surface area (Å²) in [5.74, 6) is 1.25. The highest BCUT2D eigenvalue weighted by molar-refractivity contribution is 5.62. The largest absolute Gasteiger partial charge is 0.357 e. The van der Waals surface area contributed by atoms with Crippen LogP contribution in [0.2, 0.25) is 0 Å². The van der Waals surface area contributed by atoms with Crippen molar-refractivity contribution in [1.82, 2.24) is 15.0 Å². The zero-order valence-corrected chi connectivity index (χ0v) is 12.8. The van der Waals surface area contributed by atoms with Crippen LogP contribution in [0, 0.1) is 12.7 Å². The number of rotatable bonds is 5. The standard InChI is InChI=1S/C15H20FN5/c1-5-21(6-2)15-19-13(18-14(17-4)20-15)12-9-11(16)8-7-10(12)3/h7-9H,5-6H2,1-4H3,(H,17,18,19,20). The number of aryl methyl sites for hydroxylation is 1. The second kappa shape index (κ2) is 6.47. The highest BCUT2D eigenvalue weighted by Gasteiger charge is 2.13. The number of aromatic nitrogens is 3. The molecular weight excluding hydrogens is 269 g/mol. The van der Waals surface area contributed by atoms with Gasteiger partial charge in [0.1, 0.15) is 5.82 Å². The Labute approximate surface area is 124 Å². The summed E-state index contributed by atoms with van der Waals surface area (Å²) in [6.45, 7) is 7.59. The first kappa shape index (κ1) is 15.2. The molecule has 2 rings (SSSR count). The van der Waals surface area contributed by atoms with E-state index >= 15 is 0 Å². The van der Waals surface area contributed by atoms with Crippen molar-refractivity contribution in [3.63, 3.8) is 0 Å². The van der Waals surface area contributed by atoms with E-state index in [0.29, 0.717) is 23.3 Å². The Kier molecular flexibility index (Phi) is 4.67. The van der Waals surface area contributed by atoms with Gasteiger partial charge in [-0.2, -0.15) is 15.0 Å². The van der Waals surface area contributed by atoms with Gasteiger partial charge in [-0.1, -0.05) is 6.07 Å². The molecule has 0 amide bonds. The van der Waals surface area contributed by atoms with E-state index in [4.69, 9.17) is 0 Å². The van der Waals surface area contributed by atoms with Crippen LogP contribution in [-0.2, 0) is 0 Å². The van der Waals surface area contributed by atoms with Gasteiger partial charge in [0, 0.05) is 25.7 Å². The van der Waals surface area contributed by atoms with Crippen LogP contribution in [0.4, 0.5) is 16.3 Å². The van der Waals surface area contributed by atoms with Crippen molar-refractivity contribution < 1.29 is 4.39 Å². The fourth-order valence-corrected chi connectivity index (χ4v) is 2.08. The Morgan fingerprint density at radius 1 is 1.14 bits per heavy atom. The molecule has 6 heteroatoms. The first-order valence-corrected chi connectivity index (χ1v) is 7.04. The Morgan fingerprint density at radius 2 is 1.86 bits per heavy atom. The zero-order chi connectivity index (χ0) is 15.4. The Morgan fingerprint density at radius 3 is 2.48 bits per heavy atom. The minimum atomic E-state index is -0.300. The predicted molar refractivity (Wildman–Crippen MR) is 83.1 cm³/mol. The summed E-state index contributed by atoms with van der Waals surface area (Å²) in [5, 5.41) is 2.93. The van der Waals surface area contributed by atoms with Gasteiger partial charge in [-0.05, 0) is 38.5 Å². The van der Waals surface area contributed by atoms with Gasteiger partial charge in [0.15, 0.2) is 5.82 Å². The van der Waals surface area contributed by atoms with Crippen LogP contribution in [0.3, 0.4) is 0 Å². The first-order valence-electron chi connectivity index (χ1n) is 7.04. The summed E-state index contributed by atoms with van der Waals surface area (Å²) < 4.78 is 13.5. The monoisotopic (exact) mass is 289 g/mol. The number of hydrogen-bond donors (Lipinski definition) is 1. The number of nitrogens with one attached hydrogen (secondary N) is 1. The Balaban J connectivity index is 2.57. The van der Waals surface area contributed by atoms with Crippen molar-refractivity contribution in [2.75, 3.05) is 30.4 Å². The third-order valence-corrected chi connectivity index (χ3v) is 3.33. The molecule has 5 nitrogen and oxygen atoms in total. The molecule has 0 aliphatic heterocycles. The number of halogens is 1. The van der Waals surface area contributed by atoms with E-state index < -0.39 is 0 Å². The molecule has 0 saturated heterocycles. The molecule has 2 aromatic rings. The SMILES string of the molecule is CCN(CC)c1nc(NC)nc(-c2cc(F)ccc2C)n1. The maximum absolute atomic E-state index is 13.5. The lowest BCUT2D eigenvalue weighted by molar-refractivity contribution is 0.627. The van der Waals surface area contributed by atoms with E-state index in [2.05, 4.69) is 20.3 Å². The van der Waals surface area contributed by atoms with Crippen LogP contribution < -0.4 is 10.2 Å². The van der Waals surface area contributed by atoms with E-state index in [1.54, 1.807) is 13.1 Å². The molecule has 0 spiro atoms. The van der Waals surface area contributed by atoms with Gasteiger partial charge >= 0.3 is 0 Å². The lowest BCUT2D eigenvalue weighted by Gasteiger charge is -2.19. The Bertz CT molecular complexity index is 625. The molecule has 1 heterocycles. The number of hydrogen-bond acceptors (Lipinski definition) is 5. The topological polar surface area (TPSA) is 53.9 Å². The van der Waals surface area contributed by atoms with Gasteiger partial charge in [0.25, 0.3) is 0 Å². The number of nitrogens with zero attached hydrogens (tertiary/aromatic N) is 4. The molecule has 1 N–H and O–H groups in total. The average Bonchev–Trinajstić information content (AvgIpc) is 2.50. The quantitative estimate of drug-likeness (QED) is 0.917. The third kappa shape index (κ3) is 3.26. The van der Waals surface area contributed by atoms with Crippen molar-refractivity contribution in [2.24, 2.45) is 0 Å². The summed E-state index contributed by atoms with van der Waals surface area (Å²) >= 11 is 0. The van der Waals surface area contributed by atoms with Crippen LogP contribution in [0.5, 0.6) is 0 Å². The normalized spacial score (nSPS) is 10.5. The summed E-state index contributed by atoms with van der Waals surface area (Å²) in [6, 6.07) is 4.62. The van der Waals surface area contributed by atoms with E-state index in [9.17, 15) is 4.39 Å². The van der Waals surface area contributed by atoms with Gasteiger partial charge in [-0.15, -0.1) is 0 Å². The summed E-state index contributed by atoms with van der Waals surface area (Å²) in [4.78, 5) is 15.2. The van der Waals surface area contributed by atoms with Crippen molar-refractivity contribution >= 4 is 11.9 Å². The molecule has 0 aliphatic carbocycles. The highest BCUT2D eigenvalue weighted by atomic mass is 19.1. The minimum absolute atomic E-state index is 0.300. The third-order valence-electron chi connectivity index (χ3n) is 3.33. The molecule has 0 bridgehead atoms. The molecule has 0 unspecified atom stereocenters. The van der Waals surface area contributed by atoms with Crippen molar-refractivity contribution in [3.05, 3.63) is 29.6 Å². The molecule has 0 aliphatic rings. The fourth-order valence-electron chi connectivity index (χ4n) is 2.08. The molecule has 0 atom stereocenters. The highest BCUT2D eigenvalue weighted by Crippen LogP contribution is 2.23. The van der Waals surface area contributed by atoms with Gasteiger partial charge in [-0.3, -0.25) is 0 Å². The molecule has 1 aromatic heterocycles. The van der Waals surface area contributed by atoms with Gasteiger partial charge in [0.2, 0.25) is 11.9 Å². The summed E-state index contributed by atoms with van der Waals surface area (Å²) in [6.07, 6.45) is 0. The summed E-state index contributed by atoms with van der Waals surface area (Å²) in [5.41, 5.74) is 1.61. The molecule has 1 aromatic carbocycles. The van der Waals surface area contributed by atoms with Crippen LogP contribution in [-0.4, -0.2) is 35.1 Å². The maximum atomic E-state index is 13.5. The smallest absolute Gasteiger partial charge is 0.230 e. The lowest BCUT2D eigenvalue weighted by Crippen LogP contribution is -2.25. The average molecular weight is 289 g/mol. The van der Waals surface area contributed by atoms with E-state index in [1.807, 2.05) is 25.7 Å². The number of anilines is 2. The lowest BCUT2D eigenvalue weighted by atomic mass is 10.1. The second-order valence-electron chi connectivity index (χ2n) is 4.66. The van der Waals surface area contributed by atoms with Crippen molar-refractivity contribution in [3.8, 4) is 11.4 Å². The van der Waals surface area contributed by atoms with E-state index in [-0.39, 0.29) is 5.82 Å². The van der Waals surface area contributed by atoms with Gasteiger partial charge in [0.05, 0.1) is 0 Å². The molecule has 0 fully saturated rings. The van der Waals surface area contributed by atoms with Crippen LogP contribution in [0.25, 0.3) is 11.4 Å². The van der Waals surface area contributed by atoms with E-state index in [0.717, 1.165) is 18.7 Å². The molecule has 0 radical (unpaired) electrons. The van der Waals surface area contributed by atoms with Crippen molar-refractivity contribution in [2.45, 2.75) is 20.8 Å². The predicted octanol–water partition coefficient (Wildman–Crippen LogP) is 2.87. The summed E-state index contributed by atoms with van der Waals surface area (Å²) in [7, 11) is 1.75. The molecular formula is C15H20FN5. The second-order valence-corrected chi connectivity index (χ2v) is 4.66. The number of benzene rings is 1. The zero-order valence-electron chi connectivity index (χ0n) is 12.8. The molecule has 21 heavy (non-hydrogen) atoms. The van der Waals surface area contributed by atoms with Crippen molar-refractivity contribution in [1.29, 1.82) is 0 Å². The maximum Gasteiger partial charge on any atom is 0.230 e. The van der Waals surface area contributed by atoms with E-state index in [1.165, 1.54) is 12.1 Å². The van der Waals surface area contributed by atoms with Gasteiger partial charge < -0.3 is 10.2 Å². The molecule has 112 valence electrons. The van der Waals surface area contributed by atoms with Crippen LogP contribution in [0.15, 0.2) is 18.2 Å². The van der Waals surface area contributed by atoms with Crippen LogP contribution >= 0.6 is 0 Å². The fraction of sp³-hybridized carbons (Fsp3) is 0.400. The minimum Gasteiger partial charge on any atom is -0.357 e. The molecule has 0 saturated carbocycles. The van der Waals surface area contributed by atoms with Crippen LogP contribution in [0.1, 0.15) is 19.4 Å². The van der Waals surface area contributed by atoms with Gasteiger partial charge in [-0.25, -0.2) is 4.39 Å².